The first kappa shape index (κ1) is 16.2. The lowest BCUT2D eigenvalue weighted by Gasteiger charge is -2.10. The van der Waals surface area contributed by atoms with Crippen LogP contribution in [0.15, 0.2) is 46.9 Å². The van der Waals surface area contributed by atoms with Gasteiger partial charge in [0.15, 0.2) is 0 Å². The lowest BCUT2D eigenvalue weighted by molar-refractivity contribution is -0.115. The Hall–Kier alpha value is -2.14. The van der Waals surface area contributed by atoms with Crippen LogP contribution in [0, 0.1) is 13.8 Å². The minimum Gasteiger partial charge on any atom is -0.343 e. The number of nitrogens with one attached hydrogen (secondary N) is 2. The van der Waals surface area contributed by atoms with E-state index in [2.05, 4.69) is 26.6 Å². The molecule has 0 bridgehead atoms. The SMILES string of the molecule is Cc1cc(Br)ccc1NC(=O)CNC(=O)c1ccccc1C. The van der Waals surface area contributed by atoms with Gasteiger partial charge in [0.1, 0.15) is 0 Å². The van der Waals surface area contributed by atoms with Crippen LogP contribution in [0.2, 0.25) is 0 Å². The molecule has 0 unspecified atom stereocenters. The van der Waals surface area contributed by atoms with Crippen molar-refractivity contribution >= 4 is 33.4 Å². The lowest BCUT2D eigenvalue weighted by Crippen LogP contribution is -2.33. The normalized spacial score (nSPS) is 10.1. The van der Waals surface area contributed by atoms with Crippen molar-refractivity contribution in [1.82, 2.24) is 5.32 Å². The van der Waals surface area contributed by atoms with Crippen molar-refractivity contribution in [1.29, 1.82) is 0 Å². The Bertz CT molecular complexity index is 714. The molecule has 2 rings (SSSR count). The van der Waals surface area contributed by atoms with E-state index in [4.69, 9.17) is 0 Å². The molecule has 4 nitrogen and oxygen atoms in total. The van der Waals surface area contributed by atoms with Gasteiger partial charge in [-0.1, -0.05) is 34.1 Å². The first-order valence-corrected chi connectivity index (χ1v) is 7.66. The zero-order valence-electron chi connectivity index (χ0n) is 12.4. The van der Waals surface area contributed by atoms with E-state index in [1.165, 1.54) is 0 Å². The van der Waals surface area contributed by atoms with Crippen molar-refractivity contribution < 1.29 is 9.59 Å². The number of hydrogen-bond donors (Lipinski definition) is 2. The van der Waals surface area contributed by atoms with Crippen molar-refractivity contribution in [3.8, 4) is 0 Å². The summed E-state index contributed by atoms with van der Waals surface area (Å²) in [7, 11) is 0. The van der Waals surface area contributed by atoms with Gasteiger partial charge in [0.2, 0.25) is 5.91 Å². The molecule has 2 amide bonds. The predicted octanol–water partition coefficient (Wildman–Crippen LogP) is 3.43. The number of amides is 2. The van der Waals surface area contributed by atoms with Crippen molar-refractivity contribution in [3.05, 3.63) is 63.6 Å². The fraction of sp³-hybridized carbons (Fsp3) is 0.176. The zero-order valence-corrected chi connectivity index (χ0v) is 14.0. The molecule has 114 valence electrons. The van der Waals surface area contributed by atoms with Crippen molar-refractivity contribution in [2.24, 2.45) is 0 Å². The highest BCUT2D eigenvalue weighted by Crippen LogP contribution is 2.19. The molecule has 22 heavy (non-hydrogen) atoms. The van der Waals surface area contributed by atoms with Gasteiger partial charge in [-0.3, -0.25) is 9.59 Å². The second-order valence-corrected chi connectivity index (χ2v) is 5.92. The molecule has 2 N–H and O–H groups in total. The Morgan fingerprint density at radius 2 is 1.77 bits per heavy atom. The maximum atomic E-state index is 12.0. The number of hydrogen-bond acceptors (Lipinski definition) is 2. The summed E-state index contributed by atoms with van der Waals surface area (Å²) in [4.78, 5) is 24.0. The zero-order chi connectivity index (χ0) is 16.1. The predicted molar refractivity (Wildman–Crippen MR) is 91.0 cm³/mol. The summed E-state index contributed by atoms with van der Waals surface area (Å²) in [6, 6.07) is 12.9. The molecule has 0 atom stereocenters. The van der Waals surface area contributed by atoms with Gasteiger partial charge in [-0.2, -0.15) is 0 Å². The van der Waals surface area contributed by atoms with E-state index in [0.29, 0.717) is 5.56 Å². The first-order valence-electron chi connectivity index (χ1n) is 6.87. The van der Waals surface area contributed by atoms with Crippen LogP contribution in [-0.4, -0.2) is 18.4 Å². The van der Waals surface area contributed by atoms with Gasteiger partial charge in [-0.15, -0.1) is 0 Å². The van der Waals surface area contributed by atoms with Crippen LogP contribution in [0.25, 0.3) is 0 Å². The third-order valence-electron chi connectivity index (χ3n) is 3.26. The van der Waals surface area contributed by atoms with Crippen molar-refractivity contribution in [2.75, 3.05) is 11.9 Å². The molecular weight excluding hydrogens is 344 g/mol. The minimum atomic E-state index is -0.257. The van der Waals surface area contributed by atoms with Crippen molar-refractivity contribution in [2.45, 2.75) is 13.8 Å². The second kappa shape index (κ2) is 7.22. The highest BCUT2D eigenvalue weighted by Gasteiger charge is 2.10. The molecule has 0 aliphatic heterocycles. The Labute approximate surface area is 138 Å². The van der Waals surface area contributed by atoms with Crippen LogP contribution < -0.4 is 10.6 Å². The monoisotopic (exact) mass is 360 g/mol. The number of rotatable bonds is 4. The third kappa shape index (κ3) is 4.18. The van der Waals surface area contributed by atoms with Gasteiger partial charge in [0.25, 0.3) is 5.91 Å². The van der Waals surface area contributed by atoms with Crippen LogP contribution in [0.3, 0.4) is 0 Å². The number of carbonyl (C=O) groups excluding carboxylic acids is 2. The summed E-state index contributed by atoms with van der Waals surface area (Å²) in [5, 5.41) is 5.41. The Kier molecular flexibility index (Phi) is 5.33. The molecule has 2 aromatic carbocycles. The molecule has 0 radical (unpaired) electrons. The van der Waals surface area contributed by atoms with E-state index in [-0.39, 0.29) is 18.4 Å². The summed E-state index contributed by atoms with van der Waals surface area (Å²) < 4.78 is 0.954. The average Bonchev–Trinajstić information content (AvgIpc) is 2.48. The average molecular weight is 361 g/mol. The molecule has 5 heteroatoms. The van der Waals surface area contributed by atoms with Gasteiger partial charge >= 0.3 is 0 Å². The molecule has 0 saturated heterocycles. The van der Waals surface area contributed by atoms with Crippen LogP contribution in [0.1, 0.15) is 21.5 Å². The number of benzene rings is 2. The quantitative estimate of drug-likeness (QED) is 0.877. The van der Waals surface area contributed by atoms with E-state index in [9.17, 15) is 9.59 Å². The summed E-state index contributed by atoms with van der Waals surface area (Å²) in [6.07, 6.45) is 0. The topological polar surface area (TPSA) is 58.2 Å². The highest BCUT2D eigenvalue weighted by atomic mass is 79.9. The molecule has 0 aliphatic carbocycles. The Morgan fingerprint density at radius 1 is 1.05 bits per heavy atom. The molecule has 0 heterocycles. The van der Waals surface area contributed by atoms with Gasteiger partial charge in [-0.05, 0) is 49.2 Å². The molecule has 0 saturated carbocycles. The van der Waals surface area contributed by atoms with E-state index in [1.807, 2.05) is 44.2 Å². The summed E-state index contributed by atoms with van der Waals surface area (Å²) in [5.41, 5.74) is 3.14. The lowest BCUT2D eigenvalue weighted by atomic mass is 10.1. The molecule has 0 fully saturated rings. The standard InChI is InChI=1S/C17H17BrN2O2/c1-11-5-3-4-6-14(11)17(22)19-10-16(21)20-15-8-7-13(18)9-12(15)2/h3-9H,10H2,1-2H3,(H,19,22)(H,20,21). The number of anilines is 1. The maximum absolute atomic E-state index is 12.0. The van der Waals surface area contributed by atoms with Gasteiger partial charge in [-0.25, -0.2) is 0 Å². The van der Waals surface area contributed by atoms with Gasteiger partial charge < -0.3 is 10.6 Å². The molecule has 0 aromatic heterocycles. The first-order chi connectivity index (χ1) is 10.5. The largest absolute Gasteiger partial charge is 0.343 e. The third-order valence-corrected chi connectivity index (χ3v) is 3.75. The van der Waals surface area contributed by atoms with Crippen LogP contribution in [0.5, 0.6) is 0 Å². The van der Waals surface area contributed by atoms with E-state index in [1.54, 1.807) is 12.1 Å². The molecular formula is C17H17BrN2O2. The van der Waals surface area contributed by atoms with Gasteiger partial charge in [0.05, 0.1) is 6.54 Å². The summed E-state index contributed by atoms with van der Waals surface area (Å²) in [5.74, 6) is -0.506. The minimum absolute atomic E-state index is 0.0668. The Morgan fingerprint density at radius 3 is 2.45 bits per heavy atom. The van der Waals surface area contributed by atoms with E-state index in [0.717, 1.165) is 21.3 Å². The molecule has 2 aromatic rings. The smallest absolute Gasteiger partial charge is 0.251 e. The Balaban J connectivity index is 1.93. The summed E-state index contributed by atoms with van der Waals surface area (Å²) >= 11 is 3.38. The number of carbonyl (C=O) groups is 2. The van der Waals surface area contributed by atoms with Gasteiger partial charge in [0, 0.05) is 15.7 Å². The van der Waals surface area contributed by atoms with Crippen molar-refractivity contribution in [3.63, 3.8) is 0 Å². The van der Waals surface area contributed by atoms with E-state index >= 15 is 0 Å². The molecule has 0 aliphatic rings. The highest BCUT2D eigenvalue weighted by molar-refractivity contribution is 9.10. The van der Waals surface area contributed by atoms with Crippen LogP contribution in [-0.2, 0) is 4.79 Å². The number of aryl methyl sites for hydroxylation is 2. The fourth-order valence-electron chi connectivity index (χ4n) is 2.05. The second-order valence-electron chi connectivity index (χ2n) is 5.01. The maximum Gasteiger partial charge on any atom is 0.251 e. The molecule has 0 spiro atoms. The van der Waals surface area contributed by atoms with Crippen LogP contribution in [0.4, 0.5) is 5.69 Å². The van der Waals surface area contributed by atoms with Crippen LogP contribution >= 0.6 is 15.9 Å². The number of halogens is 1. The fourth-order valence-corrected chi connectivity index (χ4v) is 2.52. The summed E-state index contributed by atoms with van der Waals surface area (Å²) in [6.45, 7) is 3.70. The van der Waals surface area contributed by atoms with E-state index < -0.39 is 0 Å².